The van der Waals surface area contributed by atoms with E-state index in [0.717, 1.165) is 0 Å². The van der Waals surface area contributed by atoms with E-state index in [4.69, 9.17) is 11.5 Å². The van der Waals surface area contributed by atoms with E-state index in [2.05, 4.69) is 16.0 Å². The second-order valence-electron chi connectivity index (χ2n) is 8.37. The van der Waals surface area contributed by atoms with Gasteiger partial charge in [0.05, 0.1) is 12.5 Å². The molecule has 4 atom stereocenters. The van der Waals surface area contributed by atoms with Gasteiger partial charge in [0.25, 0.3) is 0 Å². The van der Waals surface area contributed by atoms with Gasteiger partial charge in [-0.15, -0.1) is 0 Å². The van der Waals surface area contributed by atoms with Gasteiger partial charge in [0.1, 0.15) is 18.1 Å². The largest absolute Gasteiger partial charge is 0.480 e. The molecule has 0 rings (SSSR count). The van der Waals surface area contributed by atoms with Crippen molar-refractivity contribution in [3.8, 4) is 0 Å². The molecule has 0 saturated carbocycles. The number of primary amides is 1. The minimum atomic E-state index is -1.51. The molecule has 0 fully saturated rings. The van der Waals surface area contributed by atoms with Crippen LogP contribution in [0, 0.1) is 11.8 Å². The molecule has 4 unspecified atom stereocenters. The molecule has 0 aliphatic rings. The zero-order valence-corrected chi connectivity index (χ0v) is 20.2. The third kappa shape index (κ3) is 11.3. The molecule has 0 aromatic carbocycles. The Hall–Kier alpha value is -2.34. The summed E-state index contributed by atoms with van der Waals surface area (Å²) in [5, 5.41) is 16.7. The summed E-state index contributed by atoms with van der Waals surface area (Å²) in [4.78, 5) is 60.4. The molecule has 0 aromatic heterocycles. The van der Waals surface area contributed by atoms with Crippen molar-refractivity contribution in [1.82, 2.24) is 16.0 Å². The number of nitrogens with two attached hydrogens (primary N) is 2. The van der Waals surface area contributed by atoms with E-state index in [1.165, 1.54) is 11.8 Å². The first kappa shape index (κ1) is 29.7. The van der Waals surface area contributed by atoms with Gasteiger partial charge < -0.3 is 32.5 Å². The molecule has 0 heterocycles. The minimum absolute atomic E-state index is 0.0618. The van der Waals surface area contributed by atoms with Crippen LogP contribution in [0.25, 0.3) is 0 Å². The highest BCUT2D eigenvalue weighted by Crippen LogP contribution is 2.09. The minimum Gasteiger partial charge on any atom is -0.480 e. The Morgan fingerprint density at radius 3 is 1.81 bits per heavy atom. The molecular weight excluding hydrogens is 438 g/mol. The van der Waals surface area contributed by atoms with Gasteiger partial charge in [0.2, 0.25) is 23.6 Å². The van der Waals surface area contributed by atoms with Gasteiger partial charge in [-0.2, -0.15) is 11.8 Å². The summed E-state index contributed by atoms with van der Waals surface area (Å²) in [6.45, 7) is 7.34. The highest BCUT2D eigenvalue weighted by molar-refractivity contribution is 7.98. The molecule has 0 aliphatic heterocycles. The summed E-state index contributed by atoms with van der Waals surface area (Å²) in [5.74, 6) is -3.67. The predicted octanol–water partition coefficient (Wildman–Crippen LogP) is -0.817. The van der Waals surface area contributed by atoms with Crippen molar-refractivity contribution < 1.29 is 29.1 Å². The van der Waals surface area contributed by atoms with Crippen LogP contribution in [-0.4, -0.2) is 70.9 Å². The second kappa shape index (κ2) is 14.7. The number of carboxylic acid groups (broad SMARTS) is 1. The Kier molecular flexibility index (Phi) is 13.6. The molecule has 0 radical (unpaired) electrons. The van der Waals surface area contributed by atoms with E-state index in [-0.39, 0.29) is 18.3 Å². The van der Waals surface area contributed by atoms with Crippen LogP contribution in [-0.2, 0) is 24.0 Å². The van der Waals surface area contributed by atoms with Gasteiger partial charge in [0.15, 0.2) is 0 Å². The van der Waals surface area contributed by atoms with Gasteiger partial charge >= 0.3 is 5.97 Å². The van der Waals surface area contributed by atoms with Crippen LogP contribution in [0.2, 0.25) is 0 Å². The average molecular weight is 476 g/mol. The fourth-order valence-corrected chi connectivity index (χ4v) is 3.20. The Balaban J connectivity index is 5.48. The first-order valence-corrected chi connectivity index (χ1v) is 11.9. The summed E-state index contributed by atoms with van der Waals surface area (Å²) in [7, 11) is 0. The molecule has 0 bridgehead atoms. The number of carbonyl (C=O) groups excluding carboxylic acids is 4. The zero-order chi connectivity index (χ0) is 25.0. The van der Waals surface area contributed by atoms with E-state index >= 15 is 0 Å². The summed E-state index contributed by atoms with van der Waals surface area (Å²) < 4.78 is 0. The lowest BCUT2D eigenvalue weighted by atomic mass is 10.00. The number of carbonyl (C=O) groups is 5. The van der Waals surface area contributed by atoms with E-state index in [0.29, 0.717) is 12.2 Å². The number of nitrogens with one attached hydrogen (secondary N) is 3. The van der Waals surface area contributed by atoms with Crippen LogP contribution >= 0.6 is 11.8 Å². The van der Waals surface area contributed by atoms with Crippen LogP contribution < -0.4 is 27.4 Å². The lowest BCUT2D eigenvalue weighted by Gasteiger charge is -2.26. The van der Waals surface area contributed by atoms with Gasteiger partial charge in [-0.3, -0.25) is 19.2 Å². The SMILES string of the molecule is CSCCC(NC(=O)C(CC(C)C)NC(=O)C(N)C(C)C)C(=O)NC(CC(N)=O)C(=O)O. The highest BCUT2D eigenvalue weighted by atomic mass is 32.2. The Morgan fingerprint density at radius 2 is 1.38 bits per heavy atom. The molecule has 184 valence electrons. The molecule has 32 heavy (non-hydrogen) atoms. The smallest absolute Gasteiger partial charge is 0.326 e. The average Bonchev–Trinajstić information content (AvgIpc) is 2.68. The molecule has 8 N–H and O–H groups in total. The normalized spacial score (nSPS) is 14.9. The van der Waals surface area contributed by atoms with Crippen molar-refractivity contribution in [2.24, 2.45) is 23.3 Å². The lowest BCUT2D eigenvalue weighted by Crippen LogP contribution is -2.58. The second-order valence-corrected chi connectivity index (χ2v) is 9.36. The monoisotopic (exact) mass is 475 g/mol. The van der Waals surface area contributed by atoms with Crippen molar-refractivity contribution in [3.05, 3.63) is 0 Å². The number of carboxylic acids is 1. The van der Waals surface area contributed by atoms with Gasteiger partial charge in [0, 0.05) is 0 Å². The summed E-state index contributed by atoms with van der Waals surface area (Å²) in [6.07, 6.45) is 1.77. The maximum Gasteiger partial charge on any atom is 0.326 e. The first-order valence-electron chi connectivity index (χ1n) is 10.5. The number of hydrogen-bond acceptors (Lipinski definition) is 7. The Bertz CT molecular complexity index is 673. The Morgan fingerprint density at radius 1 is 0.875 bits per heavy atom. The highest BCUT2D eigenvalue weighted by Gasteiger charge is 2.31. The number of amides is 4. The third-order valence-electron chi connectivity index (χ3n) is 4.62. The van der Waals surface area contributed by atoms with E-state index in [9.17, 15) is 29.1 Å². The summed E-state index contributed by atoms with van der Waals surface area (Å²) in [5.41, 5.74) is 10.9. The van der Waals surface area contributed by atoms with Crippen molar-refractivity contribution in [1.29, 1.82) is 0 Å². The molecule has 0 aromatic rings. The maximum atomic E-state index is 12.9. The number of rotatable bonds is 15. The molecule has 0 saturated heterocycles. The van der Waals surface area contributed by atoms with Crippen LogP contribution in [0.15, 0.2) is 0 Å². The molecular formula is C20H37N5O6S. The summed E-state index contributed by atoms with van der Waals surface area (Å²) >= 11 is 1.44. The number of thioether (sulfide) groups is 1. The maximum absolute atomic E-state index is 12.9. The van der Waals surface area contributed by atoms with E-state index < -0.39 is 60.2 Å². The van der Waals surface area contributed by atoms with Crippen molar-refractivity contribution in [3.63, 3.8) is 0 Å². The molecule has 0 aliphatic carbocycles. The van der Waals surface area contributed by atoms with Crippen LogP contribution in [0.4, 0.5) is 0 Å². The number of hydrogen-bond donors (Lipinski definition) is 6. The third-order valence-corrected chi connectivity index (χ3v) is 5.27. The van der Waals surface area contributed by atoms with E-state index in [1.807, 2.05) is 20.1 Å². The van der Waals surface area contributed by atoms with Gasteiger partial charge in [-0.25, -0.2) is 4.79 Å². The van der Waals surface area contributed by atoms with Gasteiger partial charge in [-0.05, 0) is 36.7 Å². The molecule has 4 amide bonds. The van der Waals surface area contributed by atoms with Crippen LogP contribution in [0.5, 0.6) is 0 Å². The molecule has 11 nitrogen and oxygen atoms in total. The van der Waals surface area contributed by atoms with Gasteiger partial charge in [-0.1, -0.05) is 27.7 Å². The number of aliphatic carboxylic acids is 1. The van der Waals surface area contributed by atoms with E-state index in [1.54, 1.807) is 13.8 Å². The van der Waals surface area contributed by atoms with Crippen molar-refractivity contribution >= 4 is 41.4 Å². The predicted molar refractivity (Wildman–Crippen MR) is 123 cm³/mol. The van der Waals surface area contributed by atoms with Crippen molar-refractivity contribution in [2.45, 2.75) is 71.1 Å². The topological polar surface area (TPSA) is 194 Å². The fourth-order valence-electron chi connectivity index (χ4n) is 2.72. The quantitative estimate of drug-likeness (QED) is 0.177. The standard InChI is InChI=1S/C20H37N5O6S/c1-10(2)8-13(24-19(29)16(22)11(3)4)18(28)23-12(6-7-32-5)17(27)25-14(20(30)31)9-15(21)26/h10-14,16H,6-9,22H2,1-5H3,(H2,21,26)(H,23,28)(H,24,29)(H,25,27)(H,30,31). The van der Waals surface area contributed by atoms with Crippen LogP contribution in [0.3, 0.4) is 0 Å². The van der Waals surface area contributed by atoms with Crippen LogP contribution in [0.1, 0.15) is 47.0 Å². The first-order chi connectivity index (χ1) is 14.8. The van der Waals surface area contributed by atoms with Crippen molar-refractivity contribution in [2.75, 3.05) is 12.0 Å². The fraction of sp³-hybridized carbons (Fsp3) is 0.750. The Labute approximate surface area is 193 Å². The molecule has 12 heteroatoms. The lowest BCUT2D eigenvalue weighted by molar-refractivity contribution is -0.143. The zero-order valence-electron chi connectivity index (χ0n) is 19.3. The summed E-state index contributed by atoms with van der Waals surface area (Å²) in [6, 6.07) is -4.28. The molecule has 0 spiro atoms.